The average molecular weight is 1840 g/mol. The number of aromatic hydroxyl groups is 16. The summed E-state index contributed by atoms with van der Waals surface area (Å²) in [6.45, 7) is 23.4. The van der Waals surface area contributed by atoms with E-state index in [-0.39, 0.29) is 92.0 Å². The van der Waals surface area contributed by atoms with E-state index in [0.29, 0.717) is 80.4 Å². The number of hydrogen-bond donors (Lipinski definition) is 16. The van der Waals surface area contributed by atoms with Crippen LogP contribution in [-0.2, 0) is 70.6 Å². The summed E-state index contributed by atoms with van der Waals surface area (Å²) in [5, 5.41) is 165. The van der Waals surface area contributed by atoms with Crippen LogP contribution in [0, 0.1) is 83.1 Å². The standard InChI is InChI=1S/C33H36O4.2C29H28O4.C28H26O4S/c1-18-7-26(15-24-11-22(5)30(34)13-20(24)3)32(36)28(9-18)17-29-10-19(2)8-27(33(29)37)16-25-12-23(6)31(35)14-21(25)4;1-18-11-22(13-20-3-7-26(30)8-4-20)15-24(28(18)32)17-25-16-23(12-19(2)29(25)33)14-21-5-9-27(31)10-6-21;1-18-11-22(15-20-3-7-26(30)8-4-20)28(32)24(13-18)17-25-14-19(2)12-23(29(25)33)16-21-5-9-27(31)10-6-21;1-17-11-21(15-19-3-7-23(29)8-4-19)27(31)25(13-17)33-26-14-18(2)12-22(28(26)32)16-20-5-9-24(30)10-6-20/h7-14,34-37H,15-17H2,1-6H3;3-12,15-16,30-33H,13-14,17H2,1-2H3;3-14,30-33H,15-17H2,1-2H3;3-14,29-32H,15-16H2,1-2H3. The molecule has 16 N–H and O–H groups in total. The van der Waals surface area contributed by atoms with E-state index >= 15 is 0 Å². The highest BCUT2D eigenvalue weighted by molar-refractivity contribution is 7.99. The Morgan fingerprint density at radius 1 is 0.147 bits per heavy atom. The molecule has 0 heterocycles. The van der Waals surface area contributed by atoms with Crippen LogP contribution in [0.3, 0.4) is 0 Å². The van der Waals surface area contributed by atoms with Crippen molar-refractivity contribution in [1.82, 2.24) is 0 Å². The van der Waals surface area contributed by atoms with Crippen LogP contribution in [0.5, 0.6) is 92.0 Å². The van der Waals surface area contributed by atoms with E-state index in [0.717, 1.165) is 189 Å². The Hall–Kier alpha value is -15.3. The number of rotatable bonds is 24. The summed E-state index contributed by atoms with van der Waals surface area (Å²) < 4.78 is 0. The highest BCUT2D eigenvalue weighted by atomic mass is 32.2. The summed E-state index contributed by atoms with van der Waals surface area (Å²) in [6.07, 6.45) is 5.86. The fourth-order valence-corrected chi connectivity index (χ4v) is 18.7. The molecule has 0 aliphatic carbocycles. The largest absolute Gasteiger partial charge is 0.508 e. The normalized spacial score (nSPS) is 11.0. The van der Waals surface area contributed by atoms with Crippen LogP contribution in [0.25, 0.3) is 0 Å². The lowest BCUT2D eigenvalue weighted by atomic mass is 9.90. The lowest BCUT2D eigenvalue weighted by Crippen LogP contribution is -2.01. The van der Waals surface area contributed by atoms with Crippen LogP contribution in [0.1, 0.15) is 189 Å². The van der Waals surface area contributed by atoms with Gasteiger partial charge in [0.1, 0.15) is 92.0 Å². The van der Waals surface area contributed by atoms with Crippen molar-refractivity contribution >= 4 is 11.8 Å². The van der Waals surface area contributed by atoms with E-state index in [1.807, 2.05) is 265 Å². The van der Waals surface area contributed by atoms with Crippen LogP contribution in [-0.4, -0.2) is 81.7 Å². The fourth-order valence-electron chi connectivity index (χ4n) is 17.5. The van der Waals surface area contributed by atoms with Crippen molar-refractivity contribution in [1.29, 1.82) is 0 Å². The minimum atomic E-state index is 0.194. The summed E-state index contributed by atoms with van der Waals surface area (Å²) in [7, 11) is 0. The van der Waals surface area contributed by atoms with Crippen LogP contribution < -0.4 is 0 Å². The van der Waals surface area contributed by atoms with Gasteiger partial charge in [-0.3, -0.25) is 0 Å². The number of benzene rings is 16. The van der Waals surface area contributed by atoms with Crippen molar-refractivity contribution in [3.8, 4) is 92.0 Å². The van der Waals surface area contributed by atoms with Gasteiger partial charge in [-0.25, -0.2) is 0 Å². The lowest BCUT2D eigenvalue weighted by Gasteiger charge is -2.17. The monoisotopic (exact) mass is 1830 g/mol. The molecule has 16 aromatic rings. The average Bonchev–Trinajstić information content (AvgIpc) is 0.369. The maximum absolute atomic E-state index is 11.3. The molecule has 0 atom stereocenters. The molecule has 0 saturated heterocycles. The SMILES string of the molecule is Cc1cc(Cc2cc(C)c(O)cc2C)c(O)c(Cc2cc(C)cc(Cc3cc(C)c(O)cc3C)c2O)c1.Cc1cc(Cc2ccc(O)cc2)c(O)c(Cc2cc(C)cc(Cc3ccc(O)cc3)c2O)c1.Cc1cc(Cc2ccc(O)cc2)c(O)c(Sc2cc(C)cc(Cc3ccc(O)cc3)c2O)c1.Cc1cc(Cc2ccc(O)cc2)cc(Cc2cc(Cc3ccc(O)cc3)cc(C)c2O)c1O. The van der Waals surface area contributed by atoms with Gasteiger partial charge in [-0.2, -0.15) is 0 Å². The van der Waals surface area contributed by atoms with Crippen molar-refractivity contribution in [2.24, 2.45) is 0 Å². The maximum atomic E-state index is 11.3. The Bertz CT molecular complexity index is 6380. The van der Waals surface area contributed by atoms with Gasteiger partial charge in [0, 0.05) is 57.8 Å². The molecule has 0 aliphatic heterocycles. The Labute approximate surface area is 800 Å². The van der Waals surface area contributed by atoms with Gasteiger partial charge in [-0.1, -0.05) is 204 Å². The van der Waals surface area contributed by atoms with Gasteiger partial charge in [0.25, 0.3) is 0 Å². The number of phenolic OH excluding ortho intramolecular Hbond substituents is 16. The molecular weight excluding hydrogens is 1720 g/mol. The molecule has 696 valence electrons. The van der Waals surface area contributed by atoms with Crippen molar-refractivity contribution in [3.63, 3.8) is 0 Å². The molecule has 16 rings (SSSR count). The molecule has 0 bridgehead atoms. The predicted molar refractivity (Wildman–Crippen MR) is 542 cm³/mol. The molecule has 0 unspecified atom stereocenters. The third-order valence-electron chi connectivity index (χ3n) is 24.6. The zero-order valence-corrected chi connectivity index (χ0v) is 79.6. The molecule has 0 spiro atoms. The Kier molecular flexibility index (Phi) is 31.5. The van der Waals surface area contributed by atoms with E-state index in [1.165, 1.54) is 11.8 Å². The summed E-state index contributed by atoms with van der Waals surface area (Å²) in [4.78, 5) is 1.36. The van der Waals surface area contributed by atoms with Crippen LogP contribution in [0.2, 0.25) is 0 Å². The predicted octanol–water partition coefficient (Wildman–Crippen LogP) is 25.4. The molecule has 0 radical (unpaired) electrons. The van der Waals surface area contributed by atoms with Gasteiger partial charge in [-0.15, -0.1) is 0 Å². The van der Waals surface area contributed by atoms with Crippen LogP contribution in [0.4, 0.5) is 0 Å². The van der Waals surface area contributed by atoms with E-state index in [4.69, 9.17) is 0 Å². The van der Waals surface area contributed by atoms with Gasteiger partial charge in [0.15, 0.2) is 0 Å². The minimum Gasteiger partial charge on any atom is -0.508 e. The topological polar surface area (TPSA) is 324 Å². The molecule has 0 saturated carbocycles. The van der Waals surface area contributed by atoms with Gasteiger partial charge >= 0.3 is 0 Å². The van der Waals surface area contributed by atoms with Crippen molar-refractivity contribution in [2.45, 2.75) is 164 Å². The molecule has 17 heteroatoms. The van der Waals surface area contributed by atoms with E-state index in [1.54, 1.807) is 84.9 Å². The first-order valence-electron chi connectivity index (χ1n) is 45.2. The molecule has 136 heavy (non-hydrogen) atoms. The third kappa shape index (κ3) is 25.7. The smallest absolute Gasteiger partial charge is 0.133 e. The van der Waals surface area contributed by atoms with E-state index < -0.39 is 0 Å². The maximum Gasteiger partial charge on any atom is 0.133 e. The van der Waals surface area contributed by atoms with Gasteiger partial charge in [0.2, 0.25) is 0 Å². The number of hydrogen-bond acceptors (Lipinski definition) is 17. The number of phenols is 16. The molecule has 16 aromatic carbocycles. The fraction of sp³-hybridized carbons (Fsp3) is 0.193. The quantitative estimate of drug-likeness (QED) is 0.0267. The molecule has 0 aliphatic rings. The second kappa shape index (κ2) is 43.6. The van der Waals surface area contributed by atoms with Crippen LogP contribution in [0.15, 0.2) is 277 Å². The molecule has 0 amide bonds. The molecular formula is C119H118O16S. The summed E-state index contributed by atoms with van der Waals surface area (Å²) >= 11 is 1.34. The minimum absolute atomic E-state index is 0.194. The van der Waals surface area contributed by atoms with E-state index in [9.17, 15) is 81.7 Å². The van der Waals surface area contributed by atoms with Gasteiger partial charge in [-0.05, 0) is 360 Å². The van der Waals surface area contributed by atoms with Crippen LogP contribution >= 0.6 is 11.8 Å². The highest BCUT2D eigenvalue weighted by Crippen LogP contribution is 2.46. The number of aryl methyl sites for hydroxylation is 12. The lowest BCUT2D eigenvalue weighted by molar-refractivity contribution is 0.453. The molecule has 16 nitrogen and oxygen atoms in total. The first-order chi connectivity index (χ1) is 64.8. The second-order valence-corrected chi connectivity index (χ2v) is 37.4. The van der Waals surface area contributed by atoms with Gasteiger partial charge < -0.3 is 81.7 Å². The Morgan fingerprint density at radius 2 is 0.338 bits per heavy atom. The van der Waals surface area contributed by atoms with Crippen molar-refractivity contribution < 1.29 is 81.7 Å². The zero-order chi connectivity index (χ0) is 97.6. The highest BCUT2D eigenvalue weighted by Gasteiger charge is 2.23. The van der Waals surface area contributed by atoms with Crippen molar-refractivity contribution in [2.75, 3.05) is 0 Å². The summed E-state index contributed by atoms with van der Waals surface area (Å²) in [5.41, 5.74) is 31.1. The first-order valence-corrected chi connectivity index (χ1v) is 46.1. The first kappa shape index (κ1) is 98.2. The molecule has 0 aromatic heterocycles. The third-order valence-corrected chi connectivity index (χ3v) is 25.6. The Morgan fingerprint density at radius 3 is 0.574 bits per heavy atom. The van der Waals surface area contributed by atoms with Crippen molar-refractivity contribution in [3.05, 3.63) is 456 Å². The molecule has 0 fully saturated rings. The second-order valence-electron chi connectivity index (χ2n) is 36.3. The Balaban J connectivity index is 0.000000154. The van der Waals surface area contributed by atoms with E-state index in [2.05, 4.69) is 0 Å². The summed E-state index contributed by atoms with van der Waals surface area (Å²) in [5.74, 6) is 3.68. The van der Waals surface area contributed by atoms with Gasteiger partial charge in [0.05, 0.1) is 9.79 Å². The summed E-state index contributed by atoms with van der Waals surface area (Å²) in [6, 6.07) is 81.0. The zero-order valence-electron chi connectivity index (χ0n) is 78.7.